The van der Waals surface area contributed by atoms with Crippen LogP contribution in [-0.4, -0.2) is 28.5 Å². The van der Waals surface area contributed by atoms with E-state index in [1.54, 1.807) is 24.3 Å². The molecule has 6 nitrogen and oxygen atoms in total. The second-order valence-electron chi connectivity index (χ2n) is 7.29. The summed E-state index contributed by atoms with van der Waals surface area (Å²) in [5.41, 5.74) is 3.90. The number of hydrogen-bond donors (Lipinski definition) is 0. The Morgan fingerprint density at radius 1 is 1.03 bits per heavy atom. The number of ether oxygens (including phenoxy) is 1. The molecule has 0 aliphatic heterocycles. The molecule has 1 aliphatic rings. The van der Waals surface area contributed by atoms with Crippen LogP contribution >= 0.6 is 11.6 Å². The van der Waals surface area contributed by atoms with Gasteiger partial charge in [-0.3, -0.25) is 9.59 Å². The lowest BCUT2D eigenvalue weighted by Crippen LogP contribution is -2.15. The molecular formula is C23H21ClN2O4. The fraction of sp³-hybridized carbons (Fsp3) is 0.304. The molecule has 30 heavy (non-hydrogen) atoms. The lowest BCUT2D eigenvalue weighted by atomic mass is 9.90. The van der Waals surface area contributed by atoms with Gasteiger partial charge in [-0.2, -0.15) is 4.98 Å². The number of carbonyl (C=O) groups is 2. The fourth-order valence-electron chi connectivity index (χ4n) is 3.49. The third-order valence-corrected chi connectivity index (χ3v) is 5.40. The van der Waals surface area contributed by atoms with E-state index in [2.05, 4.69) is 10.1 Å². The maximum atomic E-state index is 12.4. The van der Waals surface area contributed by atoms with E-state index >= 15 is 0 Å². The molecule has 1 heterocycles. The van der Waals surface area contributed by atoms with Crippen LogP contribution in [-0.2, 0) is 28.8 Å². The van der Waals surface area contributed by atoms with E-state index in [1.165, 1.54) is 17.5 Å². The molecule has 0 unspecified atom stereocenters. The van der Waals surface area contributed by atoms with Crippen LogP contribution in [0.4, 0.5) is 0 Å². The largest absolute Gasteiger partial charge is 0.457 e. The highest BCUT2D eigenvalue weighted by Gasteiger charge is 2.16. The van der Waals surface area contributed by atoms with Crippen LogP contribution in [0.3, 0.4) is 0 Å². The van der Waals surface area contributed by atoms with Crippen LogP contribution in [0.25, 0.3) is 11.4 Å². The predicted octanol–water partition coefficient (Wildman–Crippen LogP) is 4.63. The van der Waals surface area contributed by atoms with Crippen molar-refractivity contribution in [3.05, 3.63) is 70.1 Å². The minimum absolute atomic E-state index is 0.0553. The van der Waals surface area contributed by atoms with Crippen molar-refractivity contribution in [3.8, 4) is 11.4 Å². The topological polar surface area (TPSA) is 82.3 Å². The van der Waals surface area contributed by atoms with E-state index in [4.69, 9.17) is 20.9 Å². The second kappa shape index (κ2) is 9.22. The zero-order chi connectivity index (χ0) is 20.9. The standard InChI is InChI=1S/C23H21ClN2O4/c24-19-9-7-16(8-10-19)23-25-21(30-26-23)11-12-22(28)29-14-20(27)18-6-5-15-3-1-2-4-17(15)13-18/h5-10,13H,1-4,11-12,14H2. The minimum Gasteiger partial charge on any atom is -0.457 e. The Morgan fingerprint density at radius 2 is 1.80 bits per heavy atom. The molecular weight excluding hydrogens is 404 g/mol. The van der Waals surface area contributed by atoms with Crippen molar-refractivity contribution in [1.29, 1.82) is 0 Å². The quantitative estimate of drug-likeness (QED) is 0.406. The van der Waals surface area contributed by atoms with Crippen molar-refractivity contribution in [2.24, 2.45) is 0 Å². The third-order valence-electron chi connectivity index (χ3n) is 5.15. The van der Waals surface area contributed by atoms with Gasteiger partial charge in [0.25, 0.3) is 0 Å². The summed E-state index contributed by atoms with van der Waals surface area (Å²) in [6.45, 7) is -0.266. The Labute approximate surface area is 179 Å². The molecule has 0 amide bonds. The van der Waals surface area contributed by atoms with Crippen LogP contribution in [0.2, 0.25) is 5.02 Å². The number of fused-ring (bicyclic) bond motifs is 1. The van der Waals surface area contributed by atoms with Gasteiger partial charge >= 0.3 is 5.97 Å². The predicted molar refractivity (Wildman–Crippen MR) is 111 cm³/mol. The average molecular weight is 425 g/mol. The summed E-state index contributed by atoms with van der Waals surface area (Å²) in [6.07, 6.45) is 4.70. The van der Waals surface area contributed by atoms with Gasteiger partial charge in [0.05, 0.1) is 6.42 Å². The highest BCUT2D eigenvalue weighted by atomic mass is 35.5. The molecule has 1 aromatic heterocycles. The van der Waals surface area contributed by atoms with Crippen LogP contribution < -0.4 is 0 Å². The smallest absolute Gasteiger partial charge is 0.306 e. The average Bonchev–Trinajstić information content (AvgIpc) is 3.25. The highest BCUT2D eigenvalue weighted by molar-refractivity contribution is 6.30. The lowest BCUT2D eigenvalue weighted by molar-refractivity contribution is -0.142. The molecule has 7 heteroatoms. The molecule has 0 spiro atoms. The van der Waals surface area contributed by atoms with Gasteiger partial charge in [-0.05, 0) is 67.1 Å². The fourth-order valence-corrected chi connectivity index (χ4v) is 3.62. The number of hydrogen-bond acceptors (Lipinski definition) is 6. The summed E-state index contributed by atoms with van der Waals surface area (Å²) in [4.78, 5) is 28.7. The number of halogens is 1. The first-order chi connectivity index (χ1) is 14.6. The van der Waals surface area contributed by atoms with E-state index in [-0.39, 0.29) is 25.2 Å². The van der Waals surface area contributed by atoms with Crippen molar-refractivity contribution in [2.75, 3.05) is 6.61 Å². The Kier molecular flexibility index (Phi) is 6.23. The van der Waals surface area contributed by atoms with Gasteiger partial charge in [0.1, 0.15) is 0 Å². The molecule has 0 saturated heterocycles. The zero-order valence-corrected chi connectivity index (χ0v) is 17.2. The molecule has 154 valence electrons. The van der Waals surface area contributed by atoms with Crippen molar-refractivity contribution in [3.63, 3.8) is 0 Å². The number of Topliss-reactive ketones (excluding diaryl/α,β-unsaturated/α-hetero) is 1. The van der Waals surface area contributed by atoms with Crippen LogP contribution in [0, 0.1) is 0 Å². The number of aromatic nitrogens is 2. The molecule has 2 aromatic carbocycles. The Balaban J connectivity index is 1.26. The first kappa shape index (κ1) is 20.3. The monoisotopic (exact) mass is 424 g/mol. The summed E-state index contributed by atoms with van der Waals surface area (Å²) in [7, 11) is 0. The summed E-state index contributed by atoms with van der Waals surface area (Å²) in [6, 6.07) is 12.8. The van der Waals surface area contributed by atoms with Gasteiger partial charge in [0, 0.05) is 22.6 Å². The SMILES string of the molecule is O=C(CCc1nc(-c2ccc(Cl)cc2)no1)OCC(=O)c1ccc2c(c1)CCCC2. The van der Waals surface area contributed by atoms with Gasteiger partial charge in [0.15, 0.2) is 12.4 Å². The van der Waals surface area contributed by atoms with Gasteiger partial charge < -0.3 is 9.26 Å². The normalized spacial score (nSPS) is 13.0. The van der Waals surface area contributed by atoms with Gasteiger partial charge in [-0.25, -0.2) is 0 Å². The molecule has 0 N–H and O–H groups in total. The molecule has 0 fully saturated rings. The summed E-state index contributed by atoms with van der Waals surface area (Å²) < 4.78 is 10.3. The molecule has 0 atom stereocenters. The minimum atomic E-state index is -0.479. The van der Waals surface area contributed by atoms with Crippen molar-refractivity contribution in [1.82, 2.24) is 10.1 Å². The molecule has 1 aliphatic carbocycles. The van der Waals surface area contributed by atoms with Gasteiger partial charge in [-0.1, -0.05) is 28.9 Å². The van der Waals surface area contributed by atoms with E-state index in [0.717, 1.165) is 24.8 Å². The Hall–Kier alpha value is -2.99. The van der Waals surface area contributed by atoms with Crippen LogP contribution in [0.5, 0.6) is 0 Å². The summed E-state index contributed by atoms with van der Waals surface area (Å²) in [5.74, 6) is 0.0858. The maximum absolute atomic E-state index is 12.4. The number of benzene rings is 2. The molecule has 0 bridgehead atoms. The summed E-state index contributed by atoms with van der Waals surface area (Å²) >= 11 is 5.87. The molecule has 0 saturated carbocycles. The second-order valence-corrected chi connectivity index (χ2v) is 7.73. The van der Waals surface area contributed by atoms with E-state index < -0.39 is 5.97 Å². The number of rotatable bonds is 7. The Morgan fingerprint density at radius 3 is 2.60 bits per heavy atom. The number of esters is 1. The number of carbonyl (C=O) groups excluding carboxylic acids is 2. The highest BCUT2D eigenvalue weighted by Crippen LogP contribution is 2.22. The molecule has 3 aromatic rings. The summed E-state index contributed by atoms with van der Waals surface area (Å²) in [5, 5.41) is 4.53. The Bertz CT molecular complexity index is 1060. The lowest BCUT2D eigenvalue weighted by Gasteiger charge is -2.16. The van der Waals surface area contributed by atoms with Crippen molar-refractivity contribution >= 4 is 23.4 Å². The molecule has 0 radical (unpaired) electrons. The first-order valence-corrected chi connectivity index (χ1v) is 10.4. The first-order valence-electron chi connectivity index (χ1n) is 9.97. The van der Waals surface area contributed by atoms with E-state index in [9.17, 15) is 9.59 Å². The number of aryl methyl sites for hydroxylation is 3. The van der Waals surface area contributed by atoms with Gasteiger partial charge in [0.2, 0.25) is 11.7 Å². The van der Waals surface area contributed by atoms with E-state index in [0.29, 0.717) is 22.3 Å². The third kappa shape index (κ3) is 4.94. The van der Waals surface area contributed by atoms with Crippen LogP contribution in [0.15, 0.2) is 47.0 Å². The van der Waals surface area contributed by atoms with Crippen molar-refractivity contribution in [2.45, 2.75) is 38.5 Å². The van der Waals surface area contributed by atoms with Crippen molar-refractivity contribution < 1.29 is 18.8 Å². The van der Waals surface area contributed by atoms with Gasteiger partial charge in [-0.15, -0.1) is 0 Å². The number of nitrogens with zero attached hydrogens (tertiary/aromatic N) is 2. The van der Waals surface area contributed by atoms with Crippen LogP contribution in [0.1, 0.15) is 46.6 Å². The maximum Gasteiger partial charge on any atom is 0.306 e. The zero-order valence-electron chi connectivity index (χ0n) is 16.4. The number of ketones is 1. The molecule has 4 rings (SSSR count). The van der Waals surface area contributed by atoms with E-state index in [1.807, 2.05) is 18.2 Å².